The number of thiophene rings is 2. The molecule has 0 saturated heterocycles. The molecule has 8 heteroatoms. The highest BCUT2D eigenvalue weighted by Crippen LogP contribution is 2.42. The second kappa shape index (κ2) is 6.53. The van der Waals surface area contributed by atoms with Gasteiger partial charge in [0.25, 0.3) is 0 Å². The molecule has 0 aliphatic rings. The number of rotatable bonds is 2. The highest BCUT2D eigenvalue weighted by atomic mass is 32.1. The first-order chi connectivity index (χ1) is 10.7. The molecule has 3 heterocycles. The Kier molecular flexibility index (Phi) is 4.72. The van der Waals surface area contributed by atoms with Gasteiger partial charge in [0.1, 0.15) is 22.3 Å². The van der Waals surface area contributed by atoms with Crippen molar-refractivity contribution in [1.29, 1.82) is 5.26 Å². The average molecular weight is 331 g/mol. The van der Waals surface area contributed by atoms with E-state index in [2.05, 4.69) is 16.8 Å². The van der Waals surface area contributed by atoms with Crippen LogP contribution in [0.5, 0.6) is 0 Å². The number of nitrogen functional groups attached to an aromatic ring is 2. The Labute approximate surface area is 134 Å². The highest BCUT2D eigenvalue weighted by molar-refractivity contribution is 7.21. The molecule has 112 valence electrons. The van der Waals surface area contributed by atoms with Crippen LogP contribution >= 0.6 is 22.7 Å². The predicted octanol–water partition coefficient (Wildman–Crippen LogP) is 2.45. The number of nitrogens with two attached hydrogens (primary N) is 3. The van der Waals surface area contributed by atoms with E-state index in [4.69, 9.17) is 11.5 Å². The number of aromatic nitrogens is 1. The lowest BCUT2D eigenvalue weighted by Crippen LogP contribution is -1.98. The molecule has 0 bridgehead atoms. The van der Waals surface area contributed by atoms with Crippen molar-refractivity contribution >= 4 is 50.7 Å². The molecule has 0 aliphatic heterocycles. The summed E-state index contributed by atoms with van der Waals surface area (Å²) in [6, 6.07) is 3.96. The highest BCUT2D eigenvalue weighted by Gasteiger charge is 2.21. The van der Waals surface area contributed by atoms with Crippen LogP contribution in [-0.4, -0.2) is 18.3 Å². The summed E-state index contributed by atoms with van der Waals surface area (Å²) >= 11 is 2.69. The number of carbonyl (C=O) groups excluding carboxylic acids is 1. The Morgan fingerprint density at radius 2 is 2.09 bits per heavy atom. The molecule has 0 aromatic carbocycles. The van der Waals surface area contributed by atoms with Gasteiger partial charge < -0.3 is 17.2 Å². The summed E-state index contributed by atoms with van der Waals surface area (Å²) in [6.07, 6.45) is 0.696. The lowest BCUT2D eigenvalue weighted by Gasteiger charge is -2.07. The molecule has 0 saturated carbocycles. The van der Waals surface area contributed by atoms with E-state index in [1.54, 1.807) is 0 Å². The maximum atomic E-state index is 11.0. The van der Waals surface area contributed by atoms with E-state index in [-0.39, 0.29) is 11.4 Å². The molecular formula is C14H13N5OS2. The first kappa shape index (κ1) is 15.9. The number of nitrogens with zero attached hydrogens (tertiary/aromatic N) is 2. The van der Waals surface area contributed by atoms with E-state index >= 15 is 0 Å². The molecule has 3 rings (SSSR count). The largest absolute Gasteiger partial charge is 0.397 e. The molecule has 3 aromatic rings. The number of carbonyl (C=O) groups is 1. The van der Waals surface area contributed by atoms with Crippen molar-refractivity contribution in [3.63, 3.8) is 0 Å². The van der Waals surface area contributed by atoms with Gasteiger partial charge in [0, 0.05) is 10.9 Å². The Hall–Kier alpha value is -2.47. The maximum absolute atomic E-state index is 11.0. The number of nitriles is 1. The van der Waals surface area contributed by atoms with Gasteiger partial charge in [0.2, 0.25) is 0 Å². The van der Waals surface area contributed by atoms with Gasteiger partial charge in [0.05, 0.1) is 10.6 Å². The van der Waals surface area contributed by atoms with Crippen LogP contribution in [0.3, 0.4) is 0 Å². The van der Waals surface area contributed by atoms with Crippen molar-refractivity contribution in [2.75, 3.05) is 18.5 Å². The van der Waals surface area contributed by atoms with Crippen LogP contribution in [-0.2, 0) is 0 Å². The molecule has 0 aliphatic carbocycles. The van der Waals surface area contributed by atoms with E-state index in [1.165, 1.54) is 29.7 Å². The minimum Gasteiger partial charge on any atom is -0.397 e. The number of anilines is 2. The van der Waals surface area contributed by atoms with Gasteiger partial charge in [0.15, 0.2) is 6.29 Å². The summed E-state index contributed by atoms with van der Waals surface area (Å²) in [5.41, 5.74) is 18.5. The molecular weight excluding hydrogens is 318 g/mol. The van der Waals surface area contributed by atoms with Gasteiger partial charge >= 0.3 is 0 Å². The van der Waals surface area contributed by atoms with Crippen LogP contribution in [0.4, 0.5) is 11.5 Å². The fourth-order valence-corrected chi connectivity index (χ4v) is 3.66. The third-order valence-corrected chi connectivity index (χ3v) is 4.67. The van der Waals surface area contributed by atoms with Gasteiger partial charge in [-0.3, -0.25) is 4.79 Å². The molecule has 0 spiro atoms. The van der Waals surface area contributed by atoms with Crippen LogP contribution in [0.2, 0.25) is 0 Å². The van der Waals surface area contributed by atoms with E-state index in [9.17, 15) is 10.1 Å². The quantitative estimate of drug-likeness (QED) is 0.618. The summed E-state index contributed by atoms with van der Waals surface area (Å²) in [4.78, 5) is 16.2. The zero-order valence-corrected chi connectivity index (χ0v) is 13.3. The topological polar surface area (TPSA) is 132 Å². The molecule has 0 amide bonds. The third kappa shape index (κ3) is 2.42. The van der Waals surface area contributed by atoms with Crippen molar-refractivity contribution in [1.82, 2.24) is 4.98 Å². The minimum atomic E-state index is 0.153. The summed E-state index contributed by atoms with van der Waals surface area (Å²) in [5.74, 6) is 0.153. The number of fused-ring (bicyclic) bond motifs is 1. The average Bonchev–Trinajstić information content (AvgIpc) is 3.16. The lowest BCUT2D eigenvalue weighted by atomic mass is 10.00. The molecule has 0 radical (unpaired) electrons. The summed E-state index contributed by atoms with van der Waals surface area (Å²) < 4.78 is 0. The van der Waals surface area contributed by atoms with E-state index in [1.807, 2.05) is 16.8 Å². The molecule has 22 heavy (non-hydrogen) atoms. The molecule has 0 atom stereocenters. The van der Waals surface area contributed by atoms with Crippen molar-refractivity contribution in [3.8, 4) is 17.2 Å². The number of aldehydes is 1. The first-order valence-electron chi connectivity index (χ1n) is 6.14. The first-order valence-corrected chi connectivity index (χ1v) is 7.90. The number of hydrogen-bond donors (Lipinski definition) is 3. The zero-order valence-electron chi connectivity index (χ0n) is 11.7. The van der Waals surface area contributed by atoms with Gasteiger partial charge in [-0.1, -0.05) is 0 Å². The zero-order chi connectivity index (χ0) is 16.3. The summed E-state index contributed by atoms with van der Waals surface area (Å²) in [5, 5.41) is 13.8. The van der Waals surface area contributed by atoms with Crippen LogP contribution in [0.25, 0.3) is 21.3 Å². The number of hydrogen-bond acceptors (Lipinski definition) is 8. The van der Waals surface area contributed by atoms with Crippen molar-refractivity contribution in [2.24, 2.45) is 5.73 Å². The Morgan fingerprint density at radius 3 is 2.64 bits per heavy atom. The monoisotopic (exact) mass is 331 g/mol. The molecule has 0 unspecified atom stereocenters. The minimum absolute atomic E-state index is 0.153. The standard InChI is InChI=1S/C13H8N4OS2.CH5N/c14-3-7-9(6-1-2-19-5-6)10-11(15)8(4-18)20-13(10)17-12(7)16;1-2/h1-2,4-5H,15H2,(H2,16,17);2H2,1H3. The maximum Gasteiger partial charge on any atom is 0.162 e. The Balaban J connectivity index is 0.000000847. The molecule has 6 nitrogen and oxygen atoms in total. The smallest absolute Gasteiger partial charge is 0.162 e. The van der Waals surface area contributed by atoms with Crippen molar-refractivity contribution in [3.05, 3.63) is 27.3 Å². The fraction of sp³-hybridized carbons (Fsp3) is 0.0714. The van der Waals surface area contributed by atoms with Gasteiger partial charge in [-0.25, -0.2) is 4.98 Å². The van der Waals surface area contributed by atoms with Gasteiger partial charge in [-0.15, -0.1) is 11.3 Å². The molecule has 0 fully saturated rings. The predicted molar refractivity (Wildman–Crippen MR) is 92.0 cm³/mol. The van der Waals surface area contributed by atoms with Crippen LogP contribution in [0, 0.1) is 11.3 Å². The summed E-state index contributed by atoms with van der Waals surface area (Å²) in [6.45, 7) is 0. The van der Waals surface area contributed by atoms with Crippen molar-refractivity contribution in [2.45, 2.75) is 0 Å². The van der Waals surface area contributed by atoms with E-state index < -0.39 is 0 Å². The molecule has 6 N–H and O–H groups in total. The normalized spacial score (nSPS) is 9.86. The molecule has 3 aromatic heterocycles. The van der Waals surface area contributed by atoms with Crippen LogP contribution in [0.1, 0.15) is 15.2 Å². The third-order valence-electron chi connectivity index (χ3n) is 2.96. The number of pyridine rings is 1. The Bertz CT molecular complexity index is 862. The van der Waals surface area contributed by atoms with E-state index in [0.29, 0.717) is 32.6 Å². The fourth-order valence-electron chi connectivity index (χ4n) is 2.08. The summed E-state index contributed by atoms with van der Waals surface area (Å²) in [7, 11) is 1.50. The van der Waals surface area contributed by atoms with Gasteiger partial charge in [-0.2, -0.15) is 16.6 Å². The van der Waals surface area contributed by atoms with Crippen LogP contribution < -0.4 is 17.2 Å². The second-order valence-electron chi connectivity index (χ2n) is 4.05. The SMILES string of the molecule is CN.N#Cc1c(N)nc2sc(C=O)c(N)c2c1-c1ccsc1. The van der Waals surface area contributed by atoms with E-state index in [0.717, 1.165) is 5.56 Å². The second-order valence-corrected chi connectivity index (χ2v) is 5.86. The van der Waals surface area contributed by atoms with Crippen LogP contribution in [0.15, 0.2) is 16.8 Å². The Morgan fingerprint density at radius 1 is 1.36 bits per heavy atom. The van der Waals surface area contributed by atoms with Crippen molar-refractivity contribution < 1.29 is 4.79 Å². The van der Waals surface area contributed by atoms with Gasteiger partial charge in [-0.05, 0) is 29.4 Å². The lowest BCUT2D eigenvalue weighted by molar-refractivity contribution is 0.112.